The quantitative estimate of drug-likeness (QED) is 0.717. The van der Waals surface area contributed by atoms with Crippen molar-refractivity contribution in [2.75, 3.05) is 19.6 Å². The molecule has 0 bridgehead atoms. The minimum absolute atomic E-state index is 0. The molecule has 2 aliphatic heterocycles. The van der Waals surface area contributed by atoms with Crippen molar-refractivity contribution in [1.82, 2.24) is 15.5 Å². The first-order valence-corrected chi connectivity index (χ1v) is 8.51. The summed E-state index contributed by atoms with van der Waals surface area (Å²) < 4.78 is 0.767. The first-order chi connectivity index (χ1) is 11.1. The van der Waals surface area contributed by atoms with Crippen LogP contribution in [0.15, 0.2) is 22.7 Å². The van der Waals surface area contributed by atoms with Crippen molar-refractivity contribution in [2.45, 2.75) is 25.3 Å². The molecule has 2 aliphatic rings. The number of hydrogen-bond acceptors (Lipinski definition) is 4. The smallest absolute Gasteiger partial charge is 0.261 e. The molecule has 24 heavy (non-hydrogen) atoms. The van der Waals surface area contributed by atoms with E-state index in [1.165, 1.54) is 4.90 Å². The van der Waals surface area contributed by atoms with Crippen molar-refractivity contribution in [2.24, 2.45) is 0 Å². The summed E-state index contributed by atoms with van der Waals surface area (Å²) in [6, 6.07) is 5.25. The Labute approximate surface area is 154 Å². The van der Waals surface area contributed by atoms with E-state index < -0.39 is 0 Å². The van der Waals surface area contributed by atoms with Crippen LogP contribution >= 0.6 is 28.3 Å². The maximum atomic E-state index is 12.3. The first kappa shape index (κ1) is 18.9. The van der Waals surface area contributed by atoms with Crippen LogP contribution in [-0.2, 0) is 4.79 Å². The van der Waals surface area contributed by atoms with Crippen LogP contribution in [0.5, 0.6) is 0 Å². The van der Waals surface area contributed by atoms with Crippen molar-refractivity contribution in [3.05, 3.63) is 33.8 Å². The highest BCUT2D eigenvalue weighted by molar-refractivity contribution is 9.10. The molecule has 0 saturated carbocycles. The highest BCUT2D eigenvalue weighted by Gasteiger charge is 2.35. The predicted octanol–water partition coefficient (Wildman–Crippen LogP) is 1.73. The van der Waals surface area contributed by atoms with E-state index in [2.05, 4.69) is 26.6 Å². The Balaban J connectivity index is 0.00000208. The molecule has 3 rings (SSSR count). The van der Waals surface area contributed by atoms with Crippen LogP contribution in [-0.4, -0.2) is 48.3 Å². The van der Waals surface area contributed by atoms with Crippen molar-refractivity contribution >= 4 is 46.1 Å². The van der Waals surface area contributed by atoms with Crippen LogP contribution in [0.1, 0.15) is 40.0 Å². The highest BCUT2D eigenvalue weighted by atomic mass is 79.9. The minimum Gasteiger partial charge on any atom is -0.352 e. The molecule has 6 nitrogen and oxygen atoms in total. The number of fused-ring (bicyclic) bond motifs is 1. The largest absolute Gasteiger partial charge is 0.352 e. The van der Waals surface area contributed by atoms with E-state index in [0.29, 0.717) is 24.0 Å². The van der Waals surface area contributed by atoms with E-state index in [-0.39, 0.29) is 42.7 Å². The lowest BCUT2D eigenvalue weighted by Gasteiger charge is -2.14. The average Bonchev–Trinajstić information content (AvgIpc) is 3.10. The summed E-state index contributed by atoms with van der Waals surface area (Å²) in [5, 5.41) is 6.14. The summed E-state index contributed by atoms with van der Waals surface area (Å²) in [6.07, 6.45) is 1.73. The van der Waals surface area contributed by atoms with Gasteiger partial charge in [0.15, 0.2) is 0 Å². The summed E-state index contributed by atoms with van der Waals surface area (Å²) in [6.45, 7) is 1.99. The van der Waals surface area contributed by atoms with Crippen LogP contribution in [0.4, 0.5) is 0 Å². The van der Waals surface area contributed by atoms with Gasteiger partial charge < -0.3 is 10.6 Å². The molecule has 1 saturated heterocycles. The first-order valence-electron chi connectivity index (χ1n) is 7.72. The Morgan fingerprint density at radius 1 is 1.29 bits per heavy atom. The number of nitrogens with one attached hydrogen (secondary N) is 2. The minimum atomic E-state index is -0.285. The summed E-state index contributed by atoms with van der Waals surface area (Å²) >= 11 is 3.31. The summed E-state index contributed by atoms with van der Waals surface area (Å²) in [4.78, 5) is 37.6. The number of imide groups is 1. The normalized spacial score (nSPS) is 19.2. The molecular formula is C16H19BrClN3O3. The van der Waals surface area contributed by atoms with Gasteiger partial charge in [0.05, 0.1) is 11.1 Å². The topological polar surface area (TPSA) is 78.5 Å². The molecule has 8 heteroatoms. The lowest BCUT2D eigenvalue weighted by atomic mass is 10.1. The third-order valence-corrected chi connectivity index (χ3v) is 4.64. The van der Waals surface area contributed by atoms with Gasteiger partial charge in [-0.2, -0.15) is 0 Å². The molecule has 1 unspecified atom stereocenters. The van der Waals surface area contributed by atoms with E-state index in [4.69, 9.17) is 0 Å². The zero-order chi connectivity index (χ0) is 16.4. The van der Waals surface area contributed by atoms with Gasteiger partial charge in [0, 0.05) is 30.0 Å². The molecule has 2 heterocycles. The molecule has 0 spiro atoms. The molecule has 1 aromatic carbocycles. The third-order valence-electron chi connectivity index (χ3n) is 4.14. The van der Waals surface area contributed by atoms with Gasteiger partial charge in [0.2, 0.25) is 5.91 Å². The Hall–Kier alpha value is -1.44. The van der Waals surface area contributed by atoms with Crippen molar-refractivity contribution in [1.29, 1.82) is 0 Å². The van der Waals surface area contributed by atoms with Crippen molar-refractivity contribution in [3.63, 3.8) is 0 Å². The van der Waals surface area contributed by atoms with Gasteiger partial charge >= 0.3 is 0 Å². The van der Waals surface area contributed by atoms with Crippen molar-refractivity contribution < 1.29 is 14.4 Å². The lowest BCUT2D eigenvalue weighted by Crippen LogP contribution is -2.37. The lowest BCUT2D eigenvalue weighted by molar-refractivity contribution is -0.121. The monoisotopic (exact) mass is 415 g/mol. The Bertz CT molecular complexity index is 662. The van der Waals surface area contributed by atoms with E-state index >= 15 is 0 Å². The van der Waals surface area contributed by atoms with Gasteiger partial charge in [0.1, 0.15) is 0 Å². The Morgan fingerprint density at radius 3 is 2.75 bits per heavy atom. The van der Waals surface area contributed by atoms with E-state index in [9.17, 15) is 14.4 Å². The average molecular weight is 417 g/mol. The number of benzene rings is 1. The zero-order valence-corrected chi connectivity index (χ0v) is 15.4. The zero-order valence-electron chi connectivity index (χ0n) is 13.0. The van der Waals surface area contributed by atoms with Crippen LogP contribution in [0.25, 0.3) is 0 Å². The van der Waals surface area contributed by atoms with Gasteiger partial charge in [0.25, 0.3) is 11.8 Å². The van der Waals surface area contributed by atoms with E-state index in [1.807, 2.05) is 0 Å². The van der Waals surface area contributed by atoms with Gasteiger partial charge in [-0.25, -0.2) is 0 Å². The molecule has 0 aromatic heterocycles. The number of rotatable bonds is 5. The molecule has 0 aliphatic carbocycles. The number of nitrogens with zero attached hydrogens (tertiary/aromatic N) is 1. The summed E-state index contributed by atoms with van der Waals surface area (Å²) in [7, 11) is 0. The Kier molecular flexibility index (Phi) is 6.37. The number of carbonyl (C=O) groups excluding carboxylic acids is 3. The molecule has 1 aromatic rings. The third kappa shape index (κ3) is 3.96. The van der Waals surface area contributed by atoms with Gasteiger partial charge in [-0.1, -0.05) is 15.9 Å². The fourth-order valence-corrected chi connectivity index (χ4v) is 3.30. The van der Waals surface area contributed by atoms with Gasteiger partial charge in [-0.15, -0.1) is 12.4 Å². The fourth-order valence-electron chi connectivity index (χ4n) is 2.94. The molecular weight excluding hydrogens is 398 g/mol. The molecule has 2 N–H and O–H groups in total. The van der Waals surface area contributed by atoms with Gasteiger partial charge in [-0.05, 0) is 37.6 Å². The number of amides is 3. The second-order valence-electron chi connectivity index (χ2n) is 5.81. The van der Waals surface area contributed by atoms with E-state index in [0.717, 1.165) is 24.0 Å². The second kappa shape index (κ2) is 8.09. The standard InChI is InChI=1S/C16H18BrN3O3.ClH/c17-10-3-4-12-13(8-10)16(23)20(15(12)22)7-1-2-14(21)19-11-5-6-18-9-11;/h3-4,8,11,18H,1-2,5-7,9H2,(H,19,21);1H. The highest BCUT2D eigenvalue weighted by Crippen LogP contribution is 2.26. The molecule has 0 radical (unpaired) electrons. The Morgan fingerprint density at radius 2 is 2.04 bits per heavy atom. The molecule has 3 amide bonds. The molecule has 1 atom stereocenters. The van der Waals surface area contributed by atoms with Crippen LogP contribution in [0.2, 0.25) is 0 Å². The maximum absolute atomic E-state index is 12.3. The molecule has 130 valence electrons. The van der Waals surface area contributed by atoms with Gasteiger partial charge in [-0.3, -0.25) is 19.3 Å². The number of hydrogen-bond donors (Lipinski definition) is 2. The van der Waals surface area contributed by atoms with Crippen molar-refractivity contribution in [3.8, 4) is 0 Å². The summed E-state index contributed by atoms with van der Waals surface area (Å²) in [5.74, 6) is -0.595. The predicted molar refractivity (Wildman–Crippen MR) is 95.4 cm³/mol. The SMILES string of the molecule is Cl.O=C(CCCN1C(=O)c2ccc(Br)cc2C1=O)NC1CCNC1. The second-order valence-corrected chi connectivity index (χ2v) is 6.73. The van der Waals surface area contributed by atoms with Crippen LogP contribution in [0, 0.1) is 0 Å². The number of halogens is 2. The summed E-state index contributed by atoms with van der Waals surface area (Å²) in [5.41, 5.74) is 0.852. The fraction of sp³-hybridized carbons (Fsp3) is 0.438. The van der Waals surface area contributed by atoms with E-state index in [1.54, 1.807) is 18.2 Å². The maximum Gasteiger partial charge on any atom is 0.261 e. The van der Waals surface area contributed by atoms with Crippen LogP contribution in [0.3, 0.4) is 0 Å². The molecule has 1 fully saturated rings. The van der Waals surface area contributed by atoms with Crippen LogP contribution < -0.4 is 10.6 Å². The number of carbonyl (C=O) groups is 3.